The number of amides is 1. The van der Waals surface area contributed by atoms with Crippen LogP contribution < -0.4 is 14.8 Å². The van der Waals surface area contributed by atoms with Gasteiger partial charge in [0.2, 0.25) is 15.9 Å². The molecule has 10 heteroatoms. The number of methoxy groups -OCH3 is 1. The van der Waals surface area contributed by atoms with Crippen molar-refractivity contribution in [2.45, 2.75) is 49.0 Å². The first kappa shape index (κ1) is 24.1. The van der Waals surface area contributed by atoms with E-state index >= 15 is 0 Å². The topological polar surface area (TPSA) is 114 Å². The van der Waals surface area contributed by atoms with Gasteiger partial charge in [-0.1, -0.05) is 24.3 Å². The molecule has 2 aromatic rings. The maximum atomic E-state index is 13.2. The Morgan fingerprint density at radius 2 is 2.00 bits per heavy atom. The van der Waals surface area contributed by atoms with Gasteiger partial charge < -0.3 is 19.9 Å². The number of benzene rings is 2. The smallest absolute Gasteiger partial charge is 0.244 e. The van der Waals surface area contributed by atoms with Crippen LogP contribution in [-0.2, 0) is 26.1 Å². The second-order valence-electron chi connectivity index (χ2n) is 7.55. The molecule has 3 atom stereocenters. The van der Waals surface area contributed by atoms with Gasteiger partial charge in [0.1, 0.15) is 16.5 Å². The van der Waals surface area contributed by atoms with Crippen molar-refractivity contribution in [3.05, 3.63) is 59.9 Å². The predicted molar refractivity (Wildman–Crippen MR) is 115 cm³/mol. The van der Waals surface area contributed by atoms with Gasteiger partial charge in [0.25, 0.3) is 0 Å². The lowest BCUT2D eigenvalue weighted by molar-refractivity contribution is -0.130. The number of halogens is 1. The van der Waals surface area contributed by atoms with E-state index in [4.69, 9.17) is 9.47 Å². The number of hydrogen-bond donors (Lipinski definition) is 3. The maximum absolute atomic E-state index is 13.2. The summed E-state index contributed by atoms with van der Waals surface area (Å²) in [5.74, 6) is -0.436. The number of para-hydroxylation sites is 1. The highest BCUT2D eigenvalue weighted by atomic mass is 32.2. The summed E-state index contributed by atoms with van der Waals surface area (Å²) in [6.07, 6.45) is -0.386. The lowest BCUT2D eigenvalue weighted by Gasteiger charge is -2.35. The van der Waals surface area contributed by atoms with Crippen molar-refractivity contribution < 1.29 is 32.2 Å². The molecule has 0 saturated carbocycles. The molecule has 3 N–H and O–H groups in total. The van der Waals surface area contributed by atoms with Crippen LogP contribution in [0.2, 0.25) is 0 Å². The van der Waals surface area contributed by atoms with Crippen LogP contribution in [0.5, 0.6) is 5.75 Å². The van der Waals surface area contributed by atoms with Gasteiger partial charge >= 0.3 is 0 Å². The summed E-state index contributed by atoms with van der Waals surface area (Å²) < 4.78 is 52.4. The maximum Gasteiger partial charge on any atom is 0.244 e. The van der Waals surface area contributed by atoms with Crippen LogP contribution in [0.25, 0.3) is 0 Å². The molecular formula is C22H27FN2O6S. The number of sulfonamides is 1. The zero-order valence-corrected chi connectivity index (χ0v) is 18.5. The molecule has 1 fully saturated rings. The van der Waals surface area contributed by atoms with Crippen LogP contribution >= 0.6 is 0 Å². The second kappa shape index (κ2) is 10.9. The first-order chi connectivity index (χ1) is 15.3. The number of carbonyl (C=O) groups excluding carboxylic acids is 1. The van der Waals surface area contributed by atoms with Crippen molar-refractivity contribution in [2.75, 3.05) is 13.7 Å². The minimum atomic E-state index is -3.91. The fraction of sp³-hybridized carbons (Fsp3) is 0.409. The van der Waals surface area contributed by atoms with Crippen LogP contribution in [0.3, 0.4) is 0 Å². The third-order valence-electron chi connectivity index (χ3n) is 5.25. The molecule has 0 unspecified atom stereocenters. The summed E-state index contributed by atoms with van der Waals surface area (Å²) in [5, 5.41) is 12.5. The van der Waals surface area contributed by atoms with E-state index in [2.05, 4.69) is 10.0 Å². The van der Waals surface area contributed by atoms with Crippen LogP contribution in [0.4, 0.5) is 4.39 Å². The second-order valence-corrected chi connectivity index (χ2v) is 9.23. The number of aliphatic hydroxyl groups is 1. The third kappa shape index (κ3) is 6.26. The van der Waals surface area contributed by atoms with E-state index in [0.29, 0.717) is 18.4 Å². The van der Waals surface area contributed by atoms with E-state index in [0.717, 1.165) is 0 Å². The van der Waals surface area contributed by atoms with Crippen LogP contribution in [0, 0.1) is 5.82 Å². The Hall–Kier alpha value is -2.53. The fourth-order valence-corrected chi connectivity index (χ4v) is 5.12. The van der Waals surface area contributed by atoms with Gasteiger partial charge in [0.15, 0.2) is 0 Å². The zero-order chi connectivity index (χ0) is 23.1. The standard InChI is InChI=1S/C22H27FN2O6S/c1-30-19-7-2-3-8-21(19)32(28,29)25-18-10-9-17(31-20(18)14-26)12-22(27)24-13-15-5-4-6-16(23)11-15/h2-8,11,17-18,20,25-26H,9-10,12-14H2,1H3,(H,24,27)/t17-,18+,20+/m0/s1. The summed E-state index contributed by atoms with van der Waals surface area (Å²) in [7, 11) is -2.52. The SMILES string of the molecule is COc1ccccc1S(=O)(=O)N[C@@H]1CC[C@@H](CC(=O)NCc2cccc(F)c2)O[C@@H]1CO. The molecule has 1 aliphatic heterocycles. The quantitative estimate of drug-likeness (QED) is 0.519. The lowest BCUT2D eigenvalue weighted by atomic mass is 9.98. The van der Waals surface area contributed by atoms with Crippen LogP contribution in [-0.4, -0.2) is 51.4 Å². The van der Waals surface area contributed by atoms with E-state index in [1.165, 1.54) is 25.3 Å². The number of nitrogens with one attached hydrogen (secondary N) is 2. The van der Waals surface area contributed by atoms with Gasteiger partial charge in [-0.25, -0.2) is 17.5 Å². The van der Waals surface area contributed by atoms with Gasteiger partial charge in [-0.2, -0.15) is 0 Å². The monoisotopic (exact) mass is 466 g/mol. The van der Waals surface area contributed by atoms with Crippen molar-refractivity contribution in [2.24, 2.45) is 0 Å². The average molecular weight is 467 g/mol. The van der Waals surface area contributed by atoms with Gasteiger partial charge in [0.05, 0.1) is 38.4 Å². The number of hydrogen-bond acceptors (Lipinski definition) is 6. The molecule has 1 aliphatic rings. The number of carbonyl (C=O) groups is 1. The van der Waals surface area contributed by atoms with Crippen molar-refractivity contribution in [3.8, 4) is 5.75 Å². The lowest BCUT2D eigenvalue weighted by Crippen LogP contribution is -2.51. The molecule has 1 saturated heterocycles. The van der Waals surface area contributed by atoms with E-state index in [-0.39, 0.29) is 35.3 Å². The minimum absolute atomic E-state index is 0.00182. The molecule has 8 nitrogen and oxygen atoms in total. The van der Waals surface area contributed by atoms with Crippen molar-refractivity contribution in [1.29, 1.82) is 0 Å². The van der Waals surface area contributed by atoms with Crippen molar-refractivity contribution >= 4 is 15.9 Å². The molecule has 0 aromatic heterocycles. The van der Waals surface area contributed by atoms with Crippen molar-refractivity contribution in [3.63, 3.8) is 0 Å². The van der Waals surface area contributed by atoms with E-state index in [1.54, 1.807) is 30.3 Å². The summed E-state index contributed by atoms with van der Waals surface area (Å²) in [6.45, 7) is -0.214. The predicted octanol–water partition coefficient (Wildman–Crippen LogP) is 1.73. The van der Waals surface area contributed by atoms with E-state index in [9.17, 15) is 22.7 Å². The molecule has 0 spiro atoms. The highest BCUT2D eigenvalue weighted by molar-refractivity contribution is 7.89. The Morgan fingerprint density at radius 3 is 2.72 bits per heavy atom. The molecule has 1 amide bonds. The first-order valence-electron chi connectivity index (χ1n) is 10.2. The highest BCUT2D eigenvalue weighted by Crippen LogP contribution is 2.26. The van der Waals surface area contributed by atoms with Gasteiger partial charge in [-0.05, 0) is 42.7 Å². The molecular weight excluding hydrogens is 439 g/mol. The average Bonchev–Trinajstić information content (AvgIpc) is 2.78. The van der Waals surface area contributed by atoms with Gasteiger partial charge in [0, 0.05) is 6.54 Å². The molecule has 0 aliphatic carbocycles. The third-order valence-corrected chi connectivity index (χ3v) is 6.78. The Kier molecular flexibility index (Phi) is 8.19. The summed E-state index contributed by atoms with van der Waals surface area (Å²) in [6, 6.07) is 11.5. The Morgan fingerprint density at radius 1 is 1.22 bits per heavy atom. The first-order valence-corrected chi connectivity index (χ1v) is 11.7. The molecule has 0 bridgehead atoms. The molecule has 2 aromatic carbocycles. The van der Waals surface area contributed by atoms with E-state index < -0.39 is 34.9 Å². The number of ether oxygens (including phenoxy) is 2. The van der Waals surface area contributed by atoms with E-state index in [1.807, 2.05) is 0 Å². The summed E-state index contributed by atoms with van der Waals surface area (Å²) >= 11 is 0. The Balaban J connectivity index is 1.55. The number of rotatable bonds is 9. The number of aliphatic hydroxyl groups excluding tert-OH is 1. The summed E-state index contributed by atoms with van der Waals surface area (Å²) in [5.41, 5.74) is 0.641. The molecule has 32 heavy (non-hydrogen) atoms. The highest BCUT2D eigenvalue weighted by Gasteiger charge is 2.35. The summed E-state index contributed by atoms with van der Waals surface area (Å²) in [4.78, 5) is 12.3. The zero-order valence-electron chi connectivity index (χ0n) is 17.7. The van der Waals surface area contributed by atoms with Gasteiger partial charge in [-0.15, -0.1) is 0 Å². The fourth-order valence-electron chi connectivity index (χ4n) is 3.65. The molecule has 3 rings (SSSR count). The van der Waals surface area contributed by atoms with Crippen molar-refractivity contribution in [1.82, 2.24) is 10.0 Å². The minimum Gasteiger partial charge on any atom is -0.495 e. The largest absolute Gasteiger partial charge is 0.495 e. The Bertz CT molecular complexity index is 1030. The normalized spacial score (nSPS) is 21.2. The Labute approximate surface area is 186 Å². The van der Waals surface area contributed by atoms with Gasteiger partial charge in [-0.3, -0.25) is 4.79 Å². The molecule has 1 heterocycles. The van der Waals surface area contributed by atoms with Crippen LogP contribution in [0.1, 0.15) is 24.8 Å². The van der Waals surface area contributed by atoms with Crippen LogP contribution in [0.15, 0.2) is 53.4 Å². The molecule has 174 valence electrons. The molecule has 0 radical (unpaired) electrons.